The average molecular weight is 194 g/mol. The van der Waals surface area contributed by atoms with E-state index in [0.717, 1.165) is 5.69 Å². The summed E-state index contributed by atoms with van der Waals surface area (Å²) < 4.78 is 1.94. The second-order valence-electron chi connectivity index (χ2n) is 4.45. The molecule has 78 valence electrons. The van der Waals surface area contributed by atoms with Crippen molar-refractivity contribution in [2.24, 2.45) is 23.2 Å². The van der Waals surface area contributed by atoms with E-state index in [1.54, 1.807) is 12.5 Å². The van der Waals surface area contributed by atoms with Gasteiger partial charge >= 0.3 is 0 Å². The van der Waals surface area contributed by atoms with Gasteiger partial charge in [-0.2, -0.15) is 0 Å². The maximum Gasteiger partial charge on any atom is 0.0996 e. The van der Waals surface area contributed by atoms with Crippen molar-refractivity contribution in [3.05, 3.63) is 18.2 Å². The highest BCUT2D eigenvalue weighted by molar-refractivity contribution is 5.85. The van der Waals surface area contributed by atoms with E-state index in [1.165, 1.54) is 0 Å². The first-order valence-electron chi connectivity index (χ1n) is 4.67. The number of aromatic nitrogens is 2. The lowest BCUT2D eigenvalue weighted by molar-refractivity contribution is 0.580. The molecule has 0 saturated heterocycles. The van der Waals surface area contributed by atoms with E-state index in [1.807, 2.05) is 11.6 Å². The predicted octanol–water partition coefficient (Wildman–Crippen LogP) is 1.32. The van der Waals surface area contributed by atoms with Crippen molar-refractivity contribution in [2.45, 2.75) is 27.3 Å². The normalized spacial score (nSPS) is 13.3. The topological polar surface area (TPSA) is 56.2 Å². The fourth-order valence-electron chi connectivity index (χ4n) is 0.940. The third kappa shape index (κ3) is 2.58. The van der Waals surface area contributed by atoms with Crippen LogP contribution in [0, 0.1) is 5.41 Å². The van der Waals surface area contributed by atoms with E-state index in [9.17, 15) is 0 Å². The van der Waals surface area contributed by atoms with Gasteiger partial charge in [-0.05, 0) is 0 Å². The molecule has 0 spiro atoms. The lowest BCUT2D eigenvalue weighted by Crippen LogP contribution is -2.29. The fourth-order valence-corrected chi connectivity index (χ4v) is 0.940. The molecule has 1 rings (SSSR count). The summed E-state index contributed by atoms with van der Waals surface area (Å²) >= 11 is 0. The largest absolute Gasteiger partial charge is 0.387 e. The zero-order valence-electron chi connectivity index (χ0n) is 9.28. The number of rotatable bonds is 2. The van der Waals surface area contributed by atoms with Crippen LogP contribution in [0.5, 0.6) is 0 Å². The summed E-state index contributed by atoms with van der Waals surface area (Å²) in [6, 6.07) is 0. The molecule has 0 aliphatic carbocycles. The number of aryl methyl sites for hydroxylation is 1. The molecule has 2 N–H and O–H groups in total. The van der Waals surface area contributed by atoms with Crippen LogP contribution in [0.25, 0.3) is 0 Å². The van der Waals surface area contributed by atoms with Gasteiger partial charge in [0, 0.05) is 12.5 Å². The van der Waals surface area contributed by atoms with Gasteiger partial charge in [0.25, 0.3) is 0 Å². The number of nitrogens with two attached hydrogens (primary N) is 1. The second kappa shape index (κ2) is 3.82. The van der Waals surface area contributed by atoms with Crippen molar-refractivity contribution in [1.82, 2.24) is 9.55 Å². The van der Waals surface area contributed by atoms with Crippen molar-refractivity contribution in [1.29, 1.82) is 0 Å². The van der Waals surface area contributed by atoms with Gasteiger partial charge in [-0.15, -0.1) is 0 Å². The number of hydrogen-bond donors (Lipinski definition) is 1. The highest BCUT2D eigenvalue weighted by Gasteiger charge is 2.14. The highest BCUT2D eigenvalue weighted by Crippen LogP contribution is 2.13. The molecule has 0 bridgehead atoms. The molecule has 0 atom stereocenters. The molecule has 1 heterocycles. The molecular formula is C10H18N4. The Balaban J connectivity index is 2.69. The van der Waals surface area contributed by atoms with Crippen molar-refractivity contribution >= 4 is 5.84 Å². The second-order valence-corrected chi connectivity index (χ2v) is 4.45. The van der Waals surface area contributed by atoms with Crippen LogP contribution >= 0.6 is 0 Å². The molecule has 0 radical (unpaired) electrons. The maximum absolute atomic E-state index is 5.84. The molecule has 0 aliphatic heterocycles. The van der Waals surface area contributed by atoms with Gasteiger partial charge in [-0.3, -0.25) is 4.99 Å². The van der Waals surface area contributed by atoms with E-state index in [0.29, 0.717) is 12.4 Å². The Morgan fingerprint density at radius 1 is 1.57 bits per heavy atom. The summed E-state index contributed by atoms with van der Waals surface area (Å²) in [4.78, 5) is 8.35. The molecule has 0 aliphatic rings. The summed E-state index contributed by atoms with van der Waals surface area (Å²) in [6.45, 7) is 6.75. The van der Waals surface area contributed by atoms with Crippen LogP contribution in [0.1, 0.15) is 26.5 Å². The van der Waals surface area contributed by atoms with Gasteiger partial charge in [-0.1, -0.05) is 20.8 Å². The number of nitrogens with zero attached hydrogens (tertiary/aromatic N) is 3. The fraction of sp³-hybridized carbons (Fsp3) is 0.600. The van der Waals surface area contributed by atoms with Gasteiger partial charge in [-0.25, -0.2) is 4.98 Å². The molecule has 0 aromatic carbocycles. The third-order valence-corrected chi connectivity index (χ3v) is 2.10. The standard InChI is InChI=1S/C10H18N4/c1-10(2,3)9(11)13-6-8-5-12-7-14(8)4/h5,7H,6H2,1-4H3,(H2,11,13). The molecule has 1 aromatic rings. The van der Waals surface area contributed by atoms with E-state index in [2.05, 4.69) is 30.7 Å². The van der Waals surface area contributed by atoms with Crippen molar-refractivity contribution in [3.63, 3.8) is 0 Å². The molecule has 0 unspecified atom stereocenters. The van der Waals surface area contributed by atoms with Crippen molar-refractivity contribution < 1.29 is 0 Å². The van der Waals surface area contributed by atoms with Crippen molar-refractivity contribution in [2.75, 3.05) is 0 Å². The van der Waals surface area contributed by atoms with Gasteiger partial charge in [0.2, 0.25) is 0 Å². The SMILES string of the molecule is Cn1cncc1CN=C(N)C(C)(C)C. The van der Waals surface area contributed by atoms with Crippen LogP contribution in [0.15, 0.2) is 17.5 Å². The number of aliphatic imine (C=N–C) groups is 1. The van der Waals surface area contributed by atoms with Gasteiger partial charge < -0.3 is 10.3 Å². The summed E-state index contributed by atoms with van der Waals surface area (Å²) in [5.41, 5.74) is 6.85. The van der Waals surface area contributed by atoms with Crippen LogP contribution in [0.3, 0.4) is 0 Å². The first kappa shape index (κ1) is 10.8. The Bertz CT molecular complexity index is 330. The number of amidine groups is 1. The molecule has 14 heavy (non-hydrogen) atoms. The zero-order valence-corrected chi connectivity index (χ0v) is 9.28. The molecule has 1 aromatic heterocycles. The summed E-state index contributed by atoms with van der Waals surface area (Å²) in [5.74, 6) is 0.679. The predicted molar refractivity (Wildman–Crippen MR) is 58.0 cm³/mol. The first-order valence-corrected chi connectivity index (χ1v) is 4.67. The Morgan fingerprint density at radius 3 is 2.64 bits per heavy atom. The Morgan fingerprint density at radius 2 is 2.21 bits per heavy atom. The quantitative estimate of drug-likeness (QED) is 0.570. The van der Waals surface area contributed by atoms with E-state index >= 15 is 0 Å². The van der Waals surface area contributed by atoms with E-state index in [4.69, 9.17) is 5.73 Å². The maximum atomic E-state index is 5.84. The molecule has 4 nitrogen and oxygen atoms in total. The minimum atomic E-state index is -0.0570. The van der Waals surface area contributed by atoms with Crippen LogP contribution in [-0.4, -0.2) is 15.4 Å². The van der Waals surface area contributed by atoms with Crippen LogP contribution < -0.4 is 5.73 Å². The molecular weight excluding hydrogens is 176 g/mol. The summed E-state index contributed by atoms with van der Waals surface area (Å²) in [5, 5.41) is 0. The van der Waals surface area contributed by atoms with E-state index in [-0.39, 0.29) is 5.41 Å². The minimum absolute atomic E-state index is 0.0570. The molecule has 0 amide bonds. The molecule has 0 fully saturated rings. The average Bonchev–Trinajstić information content (AvgIpc) is 2.45. The monoisotopic (exact) mass is 194 g/mol. The van der Waals surface area contributed by atoms with E-state index < -0.39 is 0 Å². The molecule has 4 heteroatoms. The zero-order chi connectivity index (χ0) is 10.8. The van der Waals surface area contributed by atoms with Crippen LogP contribution in [0.4, 0.5) is 0 Å². The highest BCUT2D eigenvalue weighted by atomic mass is 15.0. The molecule has 0 saturated carbocycles. The van der Waals surface area contributed by atoms with Gasteiger partial charge in [0.05, 0.1) is 30.6 Å². The Labute approximate surface area is 84.9 Å². The minimum Gasteiger partial charge on any atom is -0.387 e. The lowest BCUT2D eigenvalue weighted by atomic mass is 9.95. The van der Waals surface area contributed by atoms with Gasteiger partial charge in [0.1, 0.15) is 0 Å². The van der Waals surface area contributed by atoms with Gasteiger partial charge in [0.15, 0.2) is 0 Å². The Hall–Kier alpha value is -1.32. The Kier molecular flexibility index (Phi) is 2.93. The number of hydrogen-bond acceptors (Lipinski definition) is 2. The first-order chi connectivity index (χ1) is 6.41. The van der Waals surface area contributed by atoms with Crippen LogP contribution in [-0.2, 0) is 13.6 Å². The summed E-state index contributed by atoms with van der Waals surface area (Å²) in [6.07, 6.45) is 3.57. The smallest absolute Gasteiger partial charge is 0.0996 e. The van der Waals surface area contributed by atoms with Crippen molar-refractivity contribution in [3.8, 4) is 0 Å². The van der Waals surface area contributed by atoms with Crippen LogP contribution in [0.2, 0.25) is 0 Å². The lowest BCUT2D eigenvalue weighted by Gasteiger charge is -2.17. The number of imidazole rings is 1. The summed E-state index contributed by atoms with van der Waals surface area (Å²) in [7, 11) is 1.95. The third-order valence-electron chi connectivity index (χ3n) is 2.10.